The molecule has 0 fully saturated rings. The van der Waals surface area contributed by atoms with E-state index in [2.05, 4.69) is 30.0 Å². The van der Waals surface area contributed by atoms with Crippen molar-refractivity contribution in [2.24, 2.45) is 0 Å². The topological polar surface area (TPSA) is 47.8 Å². The van der Waals surface area contributed by atoms with E-state index in [1.807, 2.05) is 48.5 Å². The Morgan fingerprint density at radius 1 is 1.12 bits per heavy atom. The summed E-state index contributed by atoms with van der Waals surface area (Å²) < 4.78 is 1.74. The van der Waals surface area contributed by atoms with Gasteiger partial charge in [0.1, 0.15) is 11.1 Å². The minimum Gasteiger partial charge on any atom is -0.300 e. The van der Waals surface area contributed by atoms with E-state index in [-0.39, 0.29) is 0 Å². The van der Waals surface area contributed by atoms with Gasteiger partial charge in [0.2, 0.25) is 0 Å². The number of hydrogen-bond donors (Lipinski definition) is 0. The highest BCUT2D eigenvalue weighted by Gasteiger charge is 2.42. The molecule has 0 aliphatic carbocycles. The zero-order chi connectivity index (χ0) is 17.4. The normalized spacial score (nSPS) is 14.5. The molecule has 0 saturated heterocycles. The molecule has 0 bridgehead atoms. The third-order valence-corrected chi connectivity index (χ3v) is 5.99. The Hall–Kier alpha value is -1.98. The summed E-state index contributed by atoms with van der Waals surface area (Å²) in [6.07, 6.45) is 0.980. The van der Waals surface area contributed by atoms with Crippen LogP contribution in [0.15, 0.2) is 48.5 Å². The summed E-state index contributed by atoms with van der Waals surface area (Å²) in [5, 5.41) is 9.16. The first-order chi connectivity index (χ1) is 11.4. The summed E-state index contributed by atoms with van der Waals surface area (Å²) in [4.78, 5) is 12.5. The van der Waals surface area contributed by atoms with Crippen LogP contribution in [0.3, 0.4) is 0 Å². The van der Waals surface area contributed by atoms with Crippen LogP contribution in [-0.2, 0) is 10.3 Å². The fraction of sp³-hybridized carbons (Fsp3) is 0.278. The zero-order valence-electron chi connectivity index (χ0n) is 14.0. The van der Waals surface area contributed by atoms with Crippen molar-refractivity contribution in [1.82, 2.24) is 15.0 Å². The van der Waals surface area contributed by atoms with E-state index in [0.29, 0.717) is 11.1 Å². The summed E-state index contributed by atoms with van der Waals surface area (Å²) in [6.45, 7) is 6.71. The van der Waals surface area contributed by atoms with Gasteiger partial charge in [0, 0.05) is 18.7 Å². The molecular weight excluding hydrogens is 338 g/mol. The van der Waals surface area contributed by atoms with Crippen molar-refractivity contribution in [2.75, 3.05) is 0 Å². The number of carbonyl (C=O) groups excluding carboxylic acids is 1. The number of halogens is 1. The summed E-state index contributed by atoms with van der Waals surface area (Å²) in [7, 11) is -1.64. The maximum atomic E-state index is 12.5. The molecule has 1 unspecified atom stereocenters. The van der Waals surface area contributed by atoms with Gasteiger partial charge in [-0.05, 0) is 24.2 Å². The Morgan fingerprint density at radius 2 is 1.79 bits per heavy atom. The van der Waals surface area contributed by atoms with Crippen molar-refractivity contribution < 1.29 is 4.79 Å². The molecule has 0 aliphatic heterocycles. The number of benzene rings is 2. The molecule has 2 aromatic carbocycles. The summed E-state index contributed by atoms with van der Waals surface area (Å²) in [5.41, 5.74) is 1.44. The van der Waals surface area contributed by atoms with Crippen molar-refractivity contribution in [3.8, 4) is 0 Å². The Morgan fingerprint density at radius 3 is 2.46 bits per heavy atom. The van der Waals surface area contributed by atoms with Crippen LogP contribution < -0.4 is 0 Å². The smallest absolute Gasteiger partial charge is 0.152 e. The number of nitrogens with zero attached hydrogens (tertiary/aromatic N) is 3. The number of hydrogen-bond acceptors (Lipinski definition) is 3. The Kier molecular flexibility index (Phi) is 4.32. The van der Waals surface area contributed by atoms with Gasteiger partial charge in [-0.15, -0.1) is 5.10 Å². The van der Waals surface area contributed by atoms with Gasteiger partial charge in [0.15, 0.2) is 6.29 Å². The van der Waals surface area contributed by atoms with E-state index in [9.17, 15) is 4.79 Å². The van der Waals surface area contributed by atoms with Crippen LogP contribution in [0.5, 0.6) is 0 Å². The van der Waals surface area contributed by atoms with Gasteiger partial charge < -0.3 is 4.79 Å². The third-order valence-electron chi connectivity index (χ3n) is 4.06. The second-order valence-corrected chi connectivity index (χ2v) is 13.1. The molecule has 6 heteroatoms. The molecule has 0 amide bonds. The van der Waals surface area contributed by atoms with Crippen molar-refractivity contribution in [1.29, 1.82) is 0 Å². The first kappa shape index (κ1) is 16.9. The zero-order valence-corrected chi connectivity index (χ0v) is 15.8. The molecule has 1 aromatic heterocycles. The minimum atomic E-state index is -1.64. The molecule has 3 aromatic rings. The molecule has 0 aliphatic rings. The highest BCUT2D eigenvalue weighted by Crippen LogP contribution is 2.38. The van der Waals surface area contributed by atoms with Gasteiger partial charge >= 0.3 is 0 Å². The lowest BCUT2D eigenvalue weighted by molar-refractivity contribution is -0.113. The second-order valence-electron chi connectivity index (χ2n) is 7.25. The lowest BCUT2D eigenvalue weighted by Crippen LogP contribution is -2.44. The number of para-hydroxylation sites is 1. The van der Waals surface area contributed by atoms with E-state index in [1.54, 1.807) is 4.68 Å². The SMILES string of the molecule is C[Si](C)(C)CC(C=O)(c1ccccc1Cl)n1nnc2ccccc21. The molecule has 0 saturated carbocycles. The molecule has 1 atom stereocenters. The molecule has 124 valence electrons. The maximum absolute atomic E-state index is 12.5. The van der Waals surface area contributed by atoms with Gasteiger partial charge in [-0.1, -0.05) is 66.8 Å². The fourth-order valence-electron chi connectivity index (χ4n) is 3.22. The molecule has 0 radical (unpaired) electrons. The predicted molar refractivity (Wildman–Crippen MR) is 100 cm³/mol. The van der Waals surface area contributed by atoms with Gasteiger partial charge in [-0.3, -0.25) is 0 Å². The Balaban J connectivity index is 2.33. The van der Waals surface area contributed by atoms with Gasteiger partial charge in [0.25, 0.3) is 0 Å². The van der Waals surface area contributed by atoms with Crippen LogP contribution in [0, 0.1) is 0 Å². The fourth-order valence-corrected chi connectivity index (χ4v) is 5.56. The number of fused-ring (bicyclic) bond motifs is 1. The number of aldehydes is 1. The monoisotopic (exact) mass is 357 g/mol. The van der Waals surface area contributed by atoms with E-state index < -0.39 is 13.6 Å². The van der Waals surface area contributed by atoms with Gasteiger partial charge in [-0.2, -0.15) is 0 Å². The largest absolute Gasteiger partial charge is 0.300 e. The first-order valence-corrected chi connectivity index (χ1v) is 12.0. The number of rotatable bonds is 5. The van der Waals surface area contributed by atoms with Gasteiger partial charge in [-0.25, -0.2) is 4.68 Å². The van der Waals surface area contributed by atoms with Crippen LogP contribution in [0.2, 0.25) is 30.7 Å². The van der Waals surface area contributed by atoms with Crippen molar-refractivity contribution >= 4 is 37.0 Å². The highest BCUT2D eigenvalue weighted by atomic mass is 35.5. The van der Waals surface area contributed by atoms with Crippen molar-refractivity contribution in [2.45, 2.75) is 31.2 Å². The maximum Gasteiger partial charge on any atom is 0.152 e. The third kappa shape index (κ3) is 2.89. The van der Waals surface area contributed by atoms with Gasteiger partial charge in [0.05, 0.1) is 5.52 Å². The quantitative estimate of drug-likeness (QED) is 0.503. The standard InChI is InChI=1S/C18H20ClN3OSi/c1-24(2,3)13-18(12-23,14-8-4-5-9-15(14)19)22-17-11-7-6-10-16(17)20-21-22/h4-12H,13H2,1-3H3. The van der Waals surface area contributed by atoms with Crippen molar-refractivity contribution in [3.63, 3.8) is 0 Å². The molecular formula is C18H20ClN3OSi. The minimum absolute atomic E-state index is 0.572. The average molecular weight is 358 g/mol. The average Bonchev–Trinajstić information content (AvgIpc) is 2.97. The molecule has 0 N–H and O–H groups in total. The summed E-state index contributed by atoms with van der Waals surface area (Å²) >= 11 is 6.48. The summed E-state index contributed by atoms with van der Waals surface area (Å²) in [5.74, 6) is 0. The van der Waals surface area contributed by atoms with Crippen LogP contribution >= 0.6 is 11.6 Å². The Bertz CT molecular complexity index is 887. The predicted octanol–water partition coefficient (Wildman–Crippen LogP) is 4.37. The lowest BCUT2D eigenvalue weighted by Gasteiger charge is -2.34. The lowest BCUT2D eigenvalue weighted by atomic mass is 9.93. The summed E-state index contributed by atoms with van der Waals surface area (Å²) in [6, 6.07) is 15.9. The van der Waals surface area contributed by atoms with E-state index in [0.717, 1.165) is 22.9 Å². The molecule has 3 rings (SSSR count). The molecule has 1 heterocycles. The molecule has 0 spiro atoms. The number of aromatic nitrogens is 3. The van der Waals surface area contributed by atoms with Crippen LogP contribution in [0.25, 0.3) is 11.0 Å². The second kappa shape index (κ2) is 6.15. The van der Waals surface area contributed by atoms with Crippen LogP contribution in [-0.4, -0.2) is 29.4 Å². The number of carbonyl (C=O) groups is 1. The van der Waals surface area contributed by atoms with E-state index in [4.69, 9.17) is 11.6 Å². The van der Waals surface area contributed by atoms with E-state index >= 15 is 0 Å². The first-order valence-electron chi connectivity index (χ1n) is 7.90. The van der Waals surface area contributed by atoms with E-state index in [1.165, 1.54) is 0 Å². The Labute approximate surface area is 147 Å². The van der Waals surface area contributed by atoms with Crippen molar-refractivity contribution in [3.05, 3.63) is 59.1 Å². The molecule has 24 heavy (non-hydrogen) atoms. The molecule has 4 nitrogen and oxygen atoms in total. The highest BCUT2D eigenvalue weighted by molar-refractivity contribution is 6.76. The van der Waals surface area contributed by atoms with Crippen LogP contribution in [0.1, 0.15) is 5.56 Å². The van der Waals surface area contributed by atoms with Crippen LogP contribution in [0.4, 0.5) is 0 Å².